The summed E-state index contributed by atoms with van der Waals surface area (Å²) in [6.45, 7) is 0.559. The number of hydrogen-bond donors (Lipinski definition) is 3. The first-order chi connectivity index (χ1) is 7.95. The first kappa shape index (κ1) is 14.4. The quantitative estimate of drug-likeness (QED) is 0.490. The van der Waals surface area contributed by atoms with E-state index in [-0.39, 0.29) is 18.5 Å². The molecule has 0 unspecified atom stereocenters. The highest BCUT2D eigenvalue weighted by Gasteiger charge is 2.24. The molecule has 0 saturated heterocycles. The van der Waals surface area contributed by atoms with Crippen LogP contribution in [0.1, 0.15) is 19.3 Å². The number of carbonyl (C=O) groups excluding carboxylic acids is 1. The maximum Gasteiger partial charge on any atom is 0.279 e. The molecule has 0 aromatic heterocycles. The van der Waals surface area contributed by atoms with Gasteiger partial charge in [-0.25, -0.2) is 0 Å². The summed E-state index contributed by atoms with van der Waals surface area (Å²) in [5.74, 6) is -0.289. The van der Waals surface area contributed by atoms with Gasteiger partial charge >= 0.3 is 0 Å². The summed E-state index contributed by atoms with van der Waals surface area (Å²) < 4.78 is 26.7. The molecule has 0 radical (unpaired) electrons. The van der Waals surface area contributed by atoms with E-state index < -0.39 is 10.2 Å². The molecule has 1 amide bonds. The zero-order valence-corrected chi connectivity index (χ0v) is 10.8. The first-order valence-electron chi connectivity index (χ1n) is 5.66. The summed E-state index contributed by atoms with van der Waals surface area (Å²) >= 11 is 0. The van der Waals surface area contributed by atoms with Gasteiger partial charge in [0.1, 0.15) is 0 Å². The van der Waals surface area contributed by atoms with Crippen molar-refractivity contribution in [3.05, 3.63) is 0 Å². The highest BCUT2D eigenvalue weighted by atomic mass is 32.2. The van der Waals surface area contributed by atoms with Crippen molar-refractivity contribution in [2.24, 2.45) is 5.73 Å². The number of carbonyl (C=O) groups is 1. The number of rotatable bonds is 8. The van der Waals surface area contributed by atoms with Crippen LogP contribution < -0.4 is 15.8 Å². The lowest BCUT2D eigenvalue weighted by Gasteiger charge is -2.16. The van der Waals surface area contributed by atoms with Gasteiger partial charge in [0.15, 0.2) is 0 Å². The molecule has 0 bridgehead atoms. The molecule has 100 valence electrons. The van der Waals surface area contributed by atoms with Crippen molar-refractivity contribution < 1.29 is 13.2 Å². The Balaban J connectivity index is 2.29. The van der Waals surface area contributed by atoms with Gasteiger partial charge < -0.3 is 11.1 Å². The third-order valence-electron chi connectivity index (χ3n) is 2.45. The summed E-state index contributed by atoms with van der Waals surface area (Å²) in [6, 6.07) is 0.238. The Labute approximate surface area is 102 Å². The van der Waals surface area contributed by atoms with Gasteiger partial charge in [-0.2, -0.15) is 17.4 Å². The van der Waals surface area contributed by atoms with Crippen molar-refractivity contribution in [1.82, 2.24) is 14.3 Å². The Morgan fingerprint density at radius 2 is 2.12 bits per heavy atom. The van der Waals surface area contributed by atoms with Crippen molar-refractivity contribution in [2.45, 2.75) is 25.3 Å². The Kier molecular flexibility index (Phi) is 5.31. The topological polar surface area (TPSA) is 105 Å². The normalized spacial score (nSPS) is 16.2. The molecule has 7 nitrogen and oxygen atoms in total. The van der Waals surface area contributed by atoms with E-state index in [1.54, 1.807) is 0 Å². The minimum Gasteiger partial charge on any atom is -0.352 e. The number of nitrogens with zero attached hydrogens (tertiary/aromatic N) is 1. The standard InChI is InChI=1S/C9H20N4O3S/c1-13(6-2-5-10)17(15,16)11-7-9(14)12-8-3-4-8/h8,11H,2-7,10H2,1H3,(H,12,14). The summed E-state index contributed by atoms with van der Waals surface area (Å²) in [4.78, 5) is 11.3. The second-order valence-corrected chi connectivity index (χ2v) is 5.99. The van der Waals surface area contributed by atoms with Gasteiger partial charge in [0.2, 0.25) is 5.91 Å². The fraction of sp³-hybridized carbons (Fsp3) is 0.889. The molecule has 17 heavy (non-hydrogen) atoms. The number of nitrogens with one attached hydrogen (secondary N) is 2. The van der Waals surface area contributed by atoms with Gasteiger partial charge in [-0.1, -0.05) is 0 Å². The maximum absolute atomic E-state index is 11.6. The Bertz CT molecular complexity index is 353. The fourth-order valence-corrected chi connectivity index (χ4v) is 2.11. The summed E-state index contributed by atoms with van der Waals surface area (Å²) in [5.41, 5.74) is 5.30. The number of nitrogens with two attached hydrogens (primary N) is 1. The minimum absolute atomic E-state index is 0.216. The van der Waals surface area contributed by atoms with E-state index in [9.17, 15) is 13.2 Å². The van der Waals surface area contributed by atoms with Crippen molar-refractivity contribution in [3.8, 4) is 0 Å². The van der Waals surface area contributed by atoms with Gasteiger partial charge in [-0.05, 0) is 25.8 Å². The highest BCUT2D eigenvalue weighted by Crippen LogP contribution is 2.18. The van der Waals surface area contributed by atoms with Crippen LogP contribution in [0.3, 0.4) is 0 Å². The molecule has 4 N–H and O–H groups in total. The molecule has 1 aliphatic rings. The third kappa shape index (κ3) is 5.44. The molecule has 1 rings (SSSR count). The Hall–Kier alpha value is -0.700. The van der Waals surface area contributed by atoms with Crippen LogP contribution >= 0.6 is 0 Å². The van der Waals surface area contributed by atoms with E-state index in [0.29, 0.717) is 19.5 Å². The van der Waals surface area contributed by atoms with Gasteiger partial charge in [0.25, 0.3) is 10.2 Å². The second kappa shape index (κ2) is 6.29. The van der Waals surface area contributed by atoms with E-state index in [4.69, 9.17) is 5.73 Å². The lowest BCUT2D eigenvalue weighted by atomic mass is 10.4. The first-order valence-corrected chi connectivity index (χ1v) is 7.10. The van der Waals surface area contributed by atoms with E-state index in [0.717, 1.165) is 17.1 Å². The number of amides is 1. The fourth-order valence-electron chi connectivity index (χ4n) is 1.21. The Morgan fingerprint density at radius 1 is 1.47 bits per heavy atom. The monoisotopic (exact) mass is 264 g/mol. The van der Waals surface area contributed by atoms with Crippen molar-refractivity contribution in [2.75, 3.05) is 26.7 Å². The van der Waals surface area contributed by atoms with E-state index in [1.165, 1.54) is 7.05 Å². The number of hydrogen-bond acceptors (Lipinski definition) is 4. The van der Waals surface area contributed by atoms with Crippen LogP contribution in [0, 0.1) is 0 Å². The summed E-state index contributed by atoms with van der Waals surface area (Å²) in [7, 11) is -2.12. The van der Waals surface area contributed by atoms with Gasteiger partial charge in [-0.3, -0.25) is 4.79 Å². The van der Waals surface area contributed by atoms with Crippen LogP contribution in [0.5, 0.6) is 0 Å². The second-order valence-electron chi connectivity index (χ2n) is 4.13. The molecule has 1 saturated carbocycles. The average molecular weight is 264 g/mol. The van der Waals surface area contributed by atoms with Gasteiger partial charge in [-0.15, -0.1) is 0 Å². The summed E-state index contributed by atoms with van der Waals surface area (Å²) in [5, 5.41) is 2.70. The van der Waals surface area contributed by atoms with E-state index in [1.807, 2.05) is 0 Å². The van der Waals surface area contributed by atoms with Crippen molar-refractivity contribution in [1.29, 1.82) is 0 Å². The molecule has 8 heteroatoms. The lowest BCUT2D eigenvalue weighted by Crippen LogP contribution is -2.44. The molecule has 0 aliphatic heterocycles. The molecular formula is C9H20N4O3S. The van der Waals surface area contributed by atoms with Crippen LogP contribution in [-0.4, -0.2) is 51.4 Å². The van der Waals surface area contributed by atoms with Crippen LogP contribution in [-0.2, 0) is 15.0 Å². The predicted molar refractivity (Wildman–Crippen MR) is 64.4 cm³/mol. The molecule has 1 aliphatic carbocycles. The van der Waals surface area contributed by atoms with E-state index in [2.05, 4.69) is 10.0 Å². The molecule has 0 aromatic carbocycles. The molecule has 0 heterocycles. The third-order valence-corrected chi connectivity index (χ3v) is 3.96. The zero-order valence-electron chi connectivity index (χ0n) is 9.98. The van der Waals surface area contributed by atoms with Crippen molar-refractivity contribution in [3.63, 3.8) is 0 Å². The van der Waals surface area contributed by atoms with Crippen LogP contribution in [0.25, 0.3) is 0 Å². The molecular weight excluding hydrogens is 244 g/mol. The van der Waals surface area contributed by atoms with Crippen LogP contribution in [0.15, 0.2) is 0 Å². The van der Waals surface area contributed by atoms with Gasteiger partial charge in [0.05, 0.1) is 6.54 Å². The molecule has 0 spiro atoms. The largest absolute Gasteiger partial charge is 0.352 e. The molecule has 0 aromatic rings. The maximum atomic E-state index is 11.6. The van der Waals surface area contributed by atoms with Gasteiger partial charge in [0, 0.05) is 19.6 Å². The zero-order chi connectivity index (χ0) is 12.9. The summed E-state index contributed by atoms with van der Waals surface area (Å²) in [6.07, 6.45) is 2.55. The molecule has 0 atom stereocenters. The average Bonchev–Trinajstić information content (AvgIpc) is 3.07. The predicted octanol–water partition coefficient (Wildman–Crippen LogP) is -1.62. The molecule has 1 fully saturated rings. The van der Waals surface area contributed by atoms with E-state index >= 15 is 0 Å². The van der Waals surface area contributed by atoms with Crippen LogP contribution in [0.2, 0.25) is 0 Å². The smallest absolute Gasteiger partial charge is 0.279 e. The highest BCUT2D eigenvalue weighted by molar-refractivity contribution is 7.87. The van der Waals surface area contributed by atoms with Crippen LogP contribution in [0.4, 0.5) is 0 Å². The lowest BCUT2D eigenvalue weighted by molar-refractivity contribution is -0.120. The Morgan fingerprint density at radius 3 is 2.65 bits per heavy atom. The SMILES string of the molecule is CN(CCCN)S(=O)(=O)NCC(=O)NC1CC1. The van der Waals surface area contributed by atoms with Crippen molar-refractivity contribution >= 4 is 16.1 Å². The minimum atomic E-state index is -3.58.